The van der Waals surface area contributed by atoms with Crippen LogP contribution >= 0.6 is 0 Å². The van der Waals surface area contributed by atoms with E-state index in [4.69, 9.17) is 0 Å². The minimum atomic E-state index is -0.205. The number of fused-ring (bicyclic) bond motifs is 1. The monoisotopic (exact) mass is 311 g/mol. The van der Waals surface area contributed by atoms with Crippen LogP contribution in [0.4, 0.5) is 0 Å². The third-order valence-corrected chi connectivity index (χ3v) is 4.65. The number of phenols is 2. The summed E-state index contributed by atoms with van der Waals surface area (Å²) < 4.78 is 0. The smallest absolute Gasteiger partial charge is 0.258 e. The van der Waals surface area contributed by atoms with Crippen molar-refractivity contribution in [2.45, 2.75) is 39.3 Å². The quantitative estimate of drug-likeness (QED) is 0.907. The van der Waals surface area contributed by atoms with Gasteiger partial charge in [-0.2, -0.15) is 0 Å². The first kappa shape index (κ1) is 15.4. The topological polar surface area (TPSA) is 60.8 Å². The summed E-state index contributed by atoms with van der Waals surface area (Å²) in [6, 6.07) is 10.9. The van der Waals surface area contributed by atoms with E-state index < -0.39 is 0 Å². The molecule has 23 heavy (non-hydrogen) atoms. The molecule has 0 aromatic heterocycles. The van der Waals surface area contributed by atoms with Gasteiger partial charge in [-0.15, -0.1) is 0 Å². The zero-order valence-corrected chi connectivity index (χ0v) is 13.4. The largest absolute Gasteiger partial charge is 0.508 e. The Labute approximate surface area is 136 Å². The lowest BCUT2D eigenvalue weighted by Crippen LogP contribution is -2.25. The van der Waals surface area contributed by atoms with E-state index in [1.54, 1.807) is 11.0 Å². The Kier molecular flexibility index (Phi) is 3.99. The lowest BCUT2D eigenvalue weighted by molar-refractivity contribution is 0.0748. The van der Waals surface area contributed by atoms with E-state index in [0.717, 1.165) is 17.5 Å². The third kappa shape index (κ3) is 2.77. The van der Waals surface area contributed by atoms with Crippen LogP contribution in [0.1, 0.15) is 53.2 Å². The maximum absolute atomic E-state index is 12.8. The number of rotatable bonds is 3. The molecule has 2 aromatic carbocycles. The minimum Gasteiger partial charge on any atom is -0.508 e. The van der Waals surface area contributed by atoms with Gasteiger partial charge in [-0.25, -0.2) is 0 Å². The van der Waals surface area contributed by atoms with E-state index in [1.807, 2.05) is 38.1 Å². The second-order valence-electron chi connectivity index (χ2n) is 6.17. The van der Waals surface area contributed by atoms with Crippen LogP contribution in [-0.2, 0) is 13.1 Å². The highest BCUT2D eigenvalue weighted by Gasteiger charge is 2.27. The maximum atomic E-state index is 12.8. The summed E-state index contributed by atoms with van der Waals surface area (Å²) in [5, 5.41) is 20.1. The Morgan fingerprint density at radius 3 is 2.30 bits per heavy atom. The average molecular weight is 311 g/mol. The van der Waals surface area contributed by atoms with Gasteiger partial charge in [0, 0.05) is 19.2 Å². The molecule has 0 aliphatic carbocycles. The molecule has 1 atom stereocenters. The van der Waals surface area contributed by atoms with Crippen molar-refractivity contribution < 1.29 is 15.0 Å². The molecule has 3 rings (SSSR count). The van der Waals surface area contributed by atoms with Gasteiger partial charge in [0.1, 0.15) is 11.5 Å². The molecule has 120 valence electrons. The molecular weight excluding hydrogens is 290 g/mol. The van der Waals surface area contributed by atoms with Crippen LogP contribution < -0.4 is 0 Å². The normalized spacial score (nSPS) is 14.6. The predicted molar refractivity (Wildman–Crippen MR) is 88.5 cm³/mol. The van der Waals surface area contributed by atoms with Crippen molar-refractivity contribution in [2.75, 3.05) is 0 Å². The van der Waals surface area contributed by atoms with Gasteiger partial charge < -0.3 is 15.1 Å². The molecule has 1 aliphatic heterocycles. The van der Waals surface area contributed by atoms with Gasteiger partial charge in [-0.05, 0) is 35.1 Å². The van der Waals surface area contributed by atoms with Crippen LogP contribution in [0.25, 0.3) is 0 Å². The number of amides is 1. The van der Waals surface area contributed by atoms with E-state index in [-0.39, 0.29) is 28.9 Å². The molecular formula is C19H21NO3. The van der Waals surface area contributed by atoms with Crippen LogP contribution in [0.2, 0.25) is 0 Å². The van der Waals surface area contributed by atoms with Gasteiger partial charge in [-0.3, -0.25) is 4.79 Å². The first-order valence-electron chi connectivity index (χ1n) is 7.93. The number of hydrogen-bond donors (Lipinski definition) is 2. The second-order valence-corrected chi connectivity index (χ2v) is 6.17. The van der Waals surface area contributed by atoms with Gasteiger partial charge in [0.25, 0.3) is 5.91 Å². The summed E-state index contributed by atoms with van der Waals surface area (Å²) >= 11 is 0. The molecule has 1 aliphatic rings. The van der Waals surface area contributed by atoms with Crippen molar-refractivity contribution >= 4 is 5.91 Å². The molecule has 0 saturated carbocycles. The van der Waals surface area contributed by atoms with Gasteiger partial charge in [0.2, 0.25) is 0 Å². The molecule has 0 fully saturated rings. The van der Waals surface area contributed by atoms with Gasteiger partial charge >= 0.3 is 0 Å². The van der Waals surface area contributed by atoms with Gasteiger partial charge in [0.15, 0.2) is 0 Å². The van der Waals surface area contributed by atoms with E-state index in [9.17, 15) is 15.0 Å². The molecule has 1 unspecified atom stereocenters. The van der Waals surface area contributed by atoms with Crippen molar-refractivity contribution in [1.82, 2.24) is 4.90 Å². The Balaban J connectivity index is 1.92. The fourth-order valence-electron chi connectivity index (χ4n) is 3.03. The fraction of sp³-hybridized carbons (Fsp3) is 0.316. The van der Waals surface area contributed by atoms with Crippen molar-refractivity contribution in [2.24, 2.45) is 0 Å². The fourth-order valence-corrected chi connectivity index (χ4v) is 3.03. The summed E-state index contributed by atoms with van der Waals surface area (Å²) in [5.41, 5.74) is 3.24. The van der Waals surface area contributed by atoms with E-state index in [2.05, 4.69) is 0 Å². The summed E-state index contributed by atoms with van der Waals surface area (Å²) in [6.45, 7) is 5.11. The number of hydrogen-bond acceptors (Lipinski definition) is 3. The molecule has 2 N–H and O–H groups in total. The SMILES string of the molecule is CCC(C)c1cc(C(=O)N2Cc3ccccc3C2)c(O)cc1O. The molecule has 0 spiro atoms. The van der Waals surface area contributed by atoms with E-state index in [0.29, 0.717) is 18.7 Å². The van der Waals surface area contributed by atoms with Gasteiger partial charge in [0.05, 0.1) is 5.56 Å². The molecule has 4 nitrogen and oxygen atoms in total. The Bertz CT molecular complexity index is 729. The second kappa shape index (κ2) is 5.95. The van der Waals surface area contributed by atoms with E-state index >= 15 is 0 Å². The summed E-state index contributed by atoms with van der Waals surface area (Å²) in [7, 11) is 0. The van der Waals surface area contributed by atoms with Crippen molar-refractivity contribution in [3.63, 3.8) is 0 Å². The zero-order valence-electron chi connectivity index (χ0n) is 13.4. The van der Waals surface area contributed by atoms with Crippen LogP contribution in [0.15, 0.2) is 36.4 Å². The molecule has 2 aromatic rings. The molecule has 0 bridgehead atoms. The summed E-state index contributed by atoms with van der Waals surface area (Å²) in [6.07, 6.45) is 0.848. The highest BCUT2D eigenvalue weighted by atomic mass is 16.3. The van der Waals surface area contributed by atoms with Crippen LogP contribution in [0.3, 0.4) is 0 Å². The predicted octanol–water partition coefficient (Wildman–Crippen LogP) is 3.77. The van der Waals surface area contributed by atoms with Crippen molar-refractivity contribution in [3.8, 4) is 11.5 Å². The standard InChI is InChI=1S/C19H21NO3/c1-3-12(2)15-8-16(18(22)9-17(15)21)19(23)20-10-13-6-4-5-7-14(13)11-20/h4-9,12,21-22H,3,10-11H2,1-2H3. The lowest BCUT2D eigenvalue weighted by atomic mass is 9.95. The van der Waals surface area contributed by atoms with Crippen molar-refractivity contribution in [3.05, 3.63) is 58.7 Å². The number of benzene rings is 2. The minimum absolute atomic E-state index is 0.0399. The first-order valence-corrected chi connectivity index (χ1v) is 7.93. The van der Waals surface area contributed by atoms with E-state index in [1.165, 1.54) is 6.07 Å². The molecule has 1 heterocycles. The van der Waals surface area contributed by atoms with Crippen molar-refractivity contribution in [1.29, 1.82) is 0 Å². The van der Waals surface area contributed by atoms with Gasteiger partial charge in [-0.1, -0.05) is 38.1 Å². The number of carbonyl (C=O) groups is 1. The molecule has 0 radical (unpaired) electrons. The molecule has 0 saturated heterocycles. The number of carbonyl (C=O) groups excluding carboxylic acids is 1. The summed E-state index contributed by atoms with van der Waals surface area (Å²) in [5.74, 6) is -0.213. The van der Waals surface area contributed by atoms with Crippen LogP contribution in [-0.4, -0.2) is 21.0 Å². The maximum Gasteiger partial charge on any atom is 0.258 e. The Hall–Kier alpha value is -2.49. The Morgan fingerprint density at radius 2 is 1.74 bits per heavy atom. The number of aromatic hydroxyl groups is 2. The number of phenolic OH excluding ortho intramolecular Hbond substituents is 2. The lowest BCUT2D eigenvalue weighted by Gasteiger charge is -2.19. The highest BCUT2D eigenvalue weighted by molar-refractivity contribution is 5.97. The summed E-state index contributed by atoms with van der Waals surface area (Å²) in [4.78, 5) is 14.5. The molecule has 1 amide bonds. The van der Waals surface area contributed by atoms with Crippen LogP contribution in [0.5, 0.6) is 11.5 Å². The molecule has 4 heteroatoms. The third-order valence-electron chi connectivity index (χ3n) is 4.65. The number of nitrogens with zero attached hydrogens (tertiary/aromatic N) is 1. The zero-order chi connectivity index (χ0) is 16.6. The van der Waals surface area contributed by atoms with Crippen LogP contribution in [0, 0.1) is 0 Å². The Morgan fingerprint density at radius 1 is 1.13 bits per heavy atom. The first-order chi connectivity index (χ1) is 11.0. The average Bonchev–Trinajstić information content (AvgIpc) is 2.97. The highest BCUT2D eigenvalue weighted by Crippen LogP contribution is 2.35.